The van der Waals surface area contributed by atoms with Crippen molar-refractivity contribution in [3.05, 3.63) is 59.9 Å². The van der Waals surface area contributed by atoms with Gasteiger partial charge in [0.05, 0.1) is 13.2 Å². The average Bonchev–Trinajstić information content (AvgIpc) is 2.80. The van der Waals surface area contributed by atoms with Crippen molar-refractivity contribution >= 4 is 5.78 Å². The summed E-state index contributed by atoms with van der Waals surface area (Å²) in [6, 6.07) is 11.7. The lowest BCUT2D eigenvalue weighted by molar-refractivity contribution is -0.0251. The molecule has 1 aromatic heterocycles. The highest BCUT2D eigenvalue weighted by molar-refractivity contribution is 5.98. The van der Waals surface area contributed by atoms with Crippen LogP contribution in [-0.2, 0) is 6.54 Å². The van der Waals surface area contributed by atoms with E-state index in [-0.39, 0.29) is 23.8 Å². The predicted octanol–water partition coefficient (Wildman–Crippen LogP) is 2.62. The summed E-state index contributed by atoms with van der Waals surface area (Å²) in [5.74, 6) is 1.06. The molecule has 1 aromatic carbocycles. The van der Waals surface area contributed by atoms with Crippen LogP contribution in [0.4, 0.5) is 0 Å². The zero-order valence-electron chi connectivity index (χ0n) is 17.6. The minimum atomic E-state index is -0.352. The number of aromatic nitrogens is 1. The maximum atomic E-state index is 12.8. The fourth-order valence-corrected chi connectivity index (χ4v) is 4.78. The summed E-state index contributed by atoms with van der Waals surface area (Å²) in [6.45, 7) is 4.27. The average molecular weight is 410 g/mol. The van der Waals surface area contributed by atoms with Crippen LogP contribution in [0, 0.1) is 5.92 Å². The highest BCUT2D eigenvalue weighted by Gasteiger charge is 2.35. The maximum absolute atomic E-state index is 12.8. The number of carbonyl (C=O) groups is 1. The molecule has 2 aromatic rings. The lowest BCUT2D eigenvalue weighted by Crippen LogP contribution is -2.55. The number of benzene rings is 1. The number of methoxy groups -OCH3 is 1. The van der Waals surface area contributed by atoms with Crippen LogP contribution in [0.3, 0.4) is 0 Å². The Balaban J connectivity index is 1.27. The number of pyridine rings is 1. The van der Waals surface area contributed by atoms with Crippen molar-refractivity contribution in [1.29, 1.82) is 0 Å². The van der Waals surface area contributed by atoms with Crippen molar-refractivity contribution in [2.45, 2.75) is 38.0 Å². The number of aliphatic hydroxyl groups excluding tert-OH is 1. The third kappa shape index (κ3) is 4.89. The van der Waals surface area contributed by atoms with Crippen molar-refractivity contribution in [2.75, 3.05) is 33.3 Å². The second-order valence-electron chi connectivity index (χ2n) is 8.42. The number of ether oxygens (including phenoxy) is 1. The third-order valence-electron chi connectivity index (χ3n) is 6.53. The van der Waals surface area contributed by atoms with Gasteiger partial charge in [0.25, 0.3) is 0 Å². The number of ketones is 1. The summed E-state index contributed by atoms with van der Waals surface area (Å²) in [6.07, 6.45) is 5.95. The fraction of sp³-hybridized carbons (Fsp3) is 0.500. The van der Waals surface area contributed by atoms with Gasteiger partial charge in [-0.3, -0.25) is 19.6 Å². The Labute approximate surface area is 178 Å². The molecule has 2 fully saturated rings. The molecule has 0 spiro atoms. The van der Waals surface area contributed by atoms with Gasteiger partial charge in [-0.2, -0.15) is 0 Å². The Hall–Kier alpha value is -2.28. The number of aliphatic hydroxyl groups is 1. The molecule has 2 aliphatic rings. The van der Waals surface area contributed by atoms with E-state index in [1.165, 1.54) is 5.56 Å². The highest BCUT2D eigenvalue weighted by atomic mass is 16.5. The summed E-state index contributed by atoms with van der Waals surface area (Å²) in [5.41, 5.74) is 1.99. The lowest BCUT2D eigenvalue weighted by Gasteiger charge is -2.44. The molecule has 4 rings (SSSR count). The van der Waals surface area contributed by atoms with E-state index in [0.29, 0.717) is 6.54 Å². The molecule has 0 aliphatic carbocycles. The Morgan fingerprint density at radius 1 is 1.07 bits per heavy atom. The quantitative estimate of drug-likeness (QED) is 0.740. The summed E-state index contributed by atoms with van der Waals surface area (Å²) in [7, 11) is 1.63. The highest BCUT2D eigenvalue weighted by Crippen LogP contribution is 2.27. The summed E-state index contributed by atoms with van der Waals surface area (Å²) >= 11 is 0. The van der Waals surface area contributed by atoms with Crippen LogP contribution in [0.1, 0.15) is 35.2 Å². The monoisotopic (exact) mass is 409 g/mol. The zero-order chi connectivity index (χ0) is 20.9. The first kappa shape index (κ1) is 21.0. The molecule has 0 radical (unpaired) electrons. The van der Waals surface area contributed by atoms with Crippen molar-refractivity contribution in [3.63, 3.8) is 0 Å². The van der Waals surface area contributed by atoms with E-state index in [1.807, 2.05) is 48.8 Å². The lowest BCUT2D eigenvalue weighted by atomic mass is 9.87. The minimum absolute atomic E-state index is 0.0681. The van der Waals surface area contributed by atoms with Gasteiger partial charge in [0, 0.05) is 49.6 Å². The number of nitrogens with zero attached hydrogens (tertiary/aromatic N) is 3. The van der Waals surface area contributed by atoms with Crippen molar-refractivity contribution < 1.29 is 14.6 Å². The van der Waals surface area contributed by atoms with E-state index in [1.54, 1.807) is 7.11 Å². The smallest absolute Gasteiger partial charge is 0.166 e. The molecule has 0 bridgehead atoms. The molecule has 0 saturated carbocycles. The molecule has 6 nitrogen and oxygen atoms in total. The first-order valence-corrected chi connectivity index (χ1v) is 10.9. The van der Waals surface area contributed by atoms with E-state index in [9.17, 15) is 9.90 Å². The van der Waals surface area contributed by atoms with Crippen LogP contribution in [0.2, 0.25) is 0 Å². The Bertz CT molecular complexity index is 819. The third-order valence-corrected chi connectivity index (χ3v) is 6.53. The molecule has 6 heteroatoms. The molecular weight excluding hydrogens is 378 g/mol. The van der Waals surface area contributed by atoms with Gasteiger partial charge in [-0.1, -0.05) is 0 Å². The molecule has 160 valence electrons. The summed E-state index contributed by atoms with van der Waals surface area (Å²) < 4.78 is 5.18. The zero-order valence-corrected chi connectivity index (χ0v) is 17.6. The number of hydrogen-bond donors (Lipinski definition) is 1. The van der Waals surface area contributed by atoms with Gasteiger partial charge in [0.15, 0.2) is 5.78 Å². The van der Waals surface area contributed by atoms with E-state index >= 15 is 0 Å². The van der Waals surface area contributed by atoms with Crippen molar-refractivity contribution in [3.8, 4) is 5.75 Å². The van der Waals surface area contributed by atoms with Gasteiger partial charge in [0.2, 0.25) is 0 Å². The van der Waals surface area contributed by atoms with Crippen molar-refractivity contribution in [2.24, 2.45) is 5.92 Å². The van der Waals surface area contributed by atoms with Crippen LogP contribution in [-0.4, -0.2) is 71.1 Å². The largest absolute Gasteiger partial charge is 0.497 e. The van der Waals surface area contributed by atoms with Crippen LogP contribution in [0.15, 0.2) is 48.8 Å². The van der Waals surface area contributed by atoms with E-state index in [4.69, 9.17) is 4.74 Å². The number of piperidine rings is 2. The fourth-order valence-electron chi connectivity index (χ4n) is 4.78. The number of carbonyl (C=O) groups excluding carboxylic acids is 1. The number of rotatable bonds is 6. The van der Waals surface area contributed by atoms with Crippen molar-refractivity contribution in [1.82, 2.24) is 14.8 Å². The number of hydrogen-bond acceptors (Lipinski definition) is 6. The topological polar surface area (TPSA) is 65.9 Å². The number of likely N-dealkylation sites (tertiary alicyclic amines) is 2. The van der Waals surface area contributed by atoms with E-state index < -0.39 is 0 Å². The normalized spacial score (nSPS) is 23.9. The van der Waals surface area contributed by atoms with E-state index in [2.05, 4.69) is 14.8 Å². The second kappa shape index (κ2) is 9.69. The van der Waals surface area contributed by atoms with Crippen LogP contribution in [0.5, 0.6) is 5.75 Å². The van der Waals surface area contributed by atoms with Gasteiger partial charge < -0.3 is 9.84 Å². The Morgan fingerprint density at radius 2 is 1.77 bits per heavy atom. The van der Waals surface area contributed by atoms with E-state index in [0.717, 1.165) is 56.8 Å². The first-order valence-electron chi connectivity index (χ1n) is 10.9. The van der Waals surface area contributed by atoms with Gasteiger partial charge in [-0.25, -0.2) is 0 Å². The molecule has 30 heavy (non-hydrogen) atoms. The standard InChI is InChI=1S/C24H31N3O3/c1-30-21-4-2-19(3-5-21)24(29)20-8-14-27(15-9-20)22-10-13-26(17-23(22)28)16-18-6-11-25-12-7-18/h2-7,11-12,20,22-23,28H,8-10,13-17H2,1H3. The van der Waals surface area contributed by atoms with Gasteiger partial charge >= 0.3 is 0 Å². The minimum Gasteiger partial charge on any atom is -0.497 e. The Kier molecular flexibility index (Phi) is 6.77. The van der Waals surface area contributed by atoms with Crippen LogP contribution < -0.4 is 4.74 Å². The SMILES string of the molecule is COc1ccc(C(=O)C2CCN(C3CCN(Cc4ccncc4)CC3O)CC2)cc1. The predicted molar refractivity (Wildman–Crippen MR) is 116 cm³/mol. The molecule has 2 aliphatic heterocycles. The van der Waals surface area contributed by atoms with Gasteiger partial charge in [-0.05, 0) is 74.3 Å². The number of β-amino-alcohol motifs (C(OH)–C–C–N with tert-alkyl or cyclic N) is 1. The van der Waals surface area contributed by atoms with Gasteiger partial charge in [-0.15, -0.1) is 0 Å². The molecular formula is C24H31N3O3. The first-order chi connectivity index (χ1) is 14.6. The summed E-state index contributed by atoms with van der Waals surface area (Å²) in [4.78, 5) is 21.6. The molecule has 2 atom stereocenters. The van der Waals surface area contributed by atoms with Crippen LogP contribution >= 0.6 is 0 Å². The van der Waals surface area contributed by atoms with Gasteiger partial charge in [0.1, 0.15) is 5.75 Å². The Morgan fingerprint density at radius 3 is 2.40 bits per heavy atom. The summed E-state index contributed by atoms with van der Waals surface area (Å²) in [5, 5.41) is 10.8. The second-order valence-corrected chi connectivity index (χ2v) is 8.42. The number of Topliss-reactive ketones (excluding diaryl/α,β-unsaturated/α-hetero) is 1. The molecule has 1 N–H and O–H groups in total. The molecule has 0 amide bonds. The molecule has 2 unspecified atom stereocenters. The maximum Gasteiger partial charge on any atom is 0.166 e. The molecule has 3 heterocycles. The molecule has 2 saturated heterocycles. The van der Waals surface area contributed by atoms with Crippen LogP contribution in [0.25, 0.3) is 0 Å².